The van der Waals surface area contributed by atoms with Crippen LogP contribution in [0.5, 0.6) is 5.75 Å². The van der Waals surface area contributed by atoms with Gasteiger partial charge in [0.15, 0.2) is 5.13 Å². The van der Waals surface area contributed by atoms with Gasteiger partial charge in [0.25, 0.3) is 0 Å². The van der Waals surface area contributed by atoms with Crippen molar-refractivity contribution in [2.75, 3.05) is 5.43 Å². The van der Waals surface area contributed by atoms with Gasteiger partial charge in [0.05, 0.1) is 4.88 Å². The quantitative estimate of drug-likeness (QED) is 0.564. The zero-order valence-electron chi connectivity index (χ0n) is 10.0. The second-order valence-corrected chi connectivity index (χ2v) is 5.01. The van der Waals surface area contributed by atoms with Crippen LogP contribution < -0.4 is 16.0 Å². The number of thiazole rings is 1. The summed E-state index contributed by atoms with van der Waals surface area (Å²) in [7, 11) is 0. The SMILES string of the molecule is NNc1ncc(COc2cccc3cccnc23)s1. The van der Waals surface area contributed by atoms with Crippen LogP contribution in [0.3, 0.4) is 0 Å². The van der Waals surface area contributed by atoms with E-state index in [0.717, 1.165) is 21.5 Å². The summed E-state index contributed by atoms with van der Waals surface area (Å²) in [6.45, 7) is 0.453. The number of hydrogen-bond acceptors (Lipinski definition) is 6. The average Bonchev–Trinajstić information content (AvgIpc) is 2.93. The van der Waals surface area contributed by atoms with Crippen LogP contribution in [0.4, 0.5) is 5.13 Å². The van der Waals surface area contributed by atoms with Crippen molar-refractivity contribution in [1.82, 2.24) is 9.97 Å². The van der Waals surface area contributed by atoms with Gasteiger partial charge in [0.1, 0.15) is 17.9 Å². The maximum atomic E-state index is 5.80. The third-order valence-electron chi connectivity index (χ3n) is 2.64. The van der Waals surface area contributed by atoms with Gasteiger partial charge in [0.2, 0.25) is 0 Å². The molecule has 0 aliphatic carbocycles. The van der Waals surface area contributed by atoms with Gasteiger partial charge in [-0.1, -0.05) is 29.5 Å². The van der Waals surface area contributed by atoms with Gasteiger partial charge in [-0.05, 0) is 12.1 Å². The fourth-order valence-electron chi connectivity index (χ4n) is 1.78. The summed E-state index contributed by atoms with van der Waals surface area (Å²) in [6.07, 6.45) is 3.51. The lowest BCUT2D eigenvalue weighted by atomic mass is 10.2. The van der Waals surface area contributed by atoms with Crippen LogP contribution in [-0.2, 0) is 6.61 Å². The van der Waals surface area contributed by atoms with Crippen LogP contribution in [0.2, 0.25) is 0 Å². The van der Waals surface area contributed by atoms with E-state index in [0.29, 0.717) is 11.7 Å². The number of fused-ring (bicyclic) bond motifs is 1. The fraction of sp³-hybridized carbons (Fsp3) is 0.0769. The Hall–Kier alpha value is -2.18. The molecule has 0 aliphatic rings. The van der Waals surface area contributed by atoms with Crippen LogP contribution in [-0.4, -0.2) is 9.97 Å². The topological polar surface area (TPSA) is 73.1 Å². The number of ether oxygens (including phenoxy) is 1. The summed E-state index contributed by atoms with van der Waals surface area (Å²) in [5.74, 6) is 6.06. The molecule has 0 bridgehead atoms. The van der Waals surface area contributed by atoms with E-state index < -0.39 is 0 Å². The van der Waals surface area contributed by atoms with Crippen molar-refractivity contribution >= 4 is 27.4 Å². The van der Waals surface area contributed by atoms with Gasteiger partial charge in [-0.25, -0.2) is 10.8 Å². The van der Waals surface area contributed by atoms with Crippen LogP contribution in [0, 0.1) is 0 Å². The second kappa shape index (κ2) is 5.21. The standard InChI is InChI=1S/C13H12N4OS/c14-17-13-16-7-10(19-13)8-18-11-5-1-3-9-4-2-6-15-12(9)11/h1-7H,8,14H2,(H,16,17). The Labute approximate surface area is 114 Å². The third kappa shape index (κ3) is 2.49. The van der Waals surface area contributed by atoms with Crippen LogP contribution in [0.1, 0.15) is 4.88 Å². The van der Waals surface area contributed by atoms with Crippen molar-refractivity contribution in [3.8, 4) is 5.75 Å². The monoisotopic (exact) mass is 272 g/mol. The first kappa shape index (κ1) is 11.9. The summed E-state index contributed by atoms with van der Waals surface area (Å²) in [4.78, 5) is 9.44. The number of aromatic nitrogens is 2. The van der Waals surface area contributed by atoms with Gasteiger partial charge >= 0.3 is 0 Å². The minimum absolute atomic E-state index is 0.453. The van der Waals surface area contributed by atoms with Gasteiger partial charge < -0.3 is 4.74 Å². The Bertz CT molecular complexity index is 692. The molecule has 2 aromatic heterocycles. The number of nitrogens with zero attached hydrogens (tertiary/aromatic N) is 2. The van der Waals surface area contributed by atoms with Crippen molar-refractivity contribution in [3.05, 3.63) is 47.6 Å². The molecule has 0 saturated heterocycles. The molecule has 3 aromatic rings. The van der Waals surface area contributed by atoms with Crippen LogP contribution in [0.25, 0.3) is 10.9 Å². The van der Waals surface area contributed by atoms with E-state index in [-0.39, 0.29) is 0 Å². The van der Waals surface area contributed by atoms with Gasteiger partial charge in [-0.2, -0.15) is 0 Å². The fourth-order valence-corrected chi connectivity index (χ4v) is 2.42. The van der Waals surface area contributed by atoms with E-state index in [9.17, 15) is 0 Å². The highest BCUT2D eigenvalue weighted by atomic mass is 32.1. The van der Waals surface area contributed by atoms with Gasteiger partial charge in [0, 0.05) is 17.8 Å². The molecule has 19 heavy (non-hydrogen) atoms. The third-order valence-corrected chi connectivity index (χ3v) is 3.54. The Morgan fingerprint density at radius 2 is 2.11 bits per heavy atom. The number of nitrogen functional groups attached to an aromatic ring is 1. The maximum absolute atomic E-state index is 5.80. The molecular formula is C13H12N4OS. The zero-order chi connectivity index (χ0) is 13.1. The molecule has 96 valence electrons. The predicted octanol–water partition coefficient (Wildman–Crippen LogP) is 2.56. The summed E-state index contributed by atoms with van der Waals surface area (Å²) >= 11 is 1.46. The number of para-hydroxylation sites is 1. The molecule has 0 radical (unpaired) electrons. The van der Waals surface area contributed by atoms with Crippen molar-refractivity contribution in [3.63, 3.8) is 0 Å². The highest BCUT2D eigenvalue weighted by Gasteiger charge is 2.05. The molecule has 0 aliphatic heterocycles. The van der Waals surface area contributed by atoms with Gasteiger partial charge in [-0.3, -0.25) is 10.4 Å². The Balaban J connectivity index is 1.81. The van der Waals surface area contributed by atoms with E-state index in [1.54, 1.807) is 12.4 Å². The number of anilines is 1. The van der Waals surface area contributed by atoms with Crippen molar-refractivity contribution < 1.29 is 4.74 Å². The van der Waals surface area contributed by atoms with Gasteiger partial charge in [-0.15, -0.1) is 0 Å². The first-order valence-corrected chi connectivity index (χ1v) is 6.56. The molecule has 0 spiro atoms. The summed E-state index contributed by atoms with van der Waals surface area (Å²) in [6, 6.07) is 9.81. The lowest BCUT2D eigenvalue weighted by molar-refractivity contribution is 0.313. The average molecular weight is 272 g/mol. The summed E-state index contributed by atoms with van der Waals surface area (Å²) in [5, 5.41) is 1.74. The lowest BCUT2D eigenvalue weighted by Gasteiger charge is -2.06. The number of pyridine rings is 1. The number of hydrazine groups is 1. The lowest BCUT2D eigenvalue weighted by Crippen LogP contribution is -2.05. The number of rotatable bonds is 4. The summed E-state index contributed by atoms with van der Waals surface area (Å²) < 4.78 is 5.80. The molecule has 0 fully saturated rings. The Kier molecular flexibility index (Phi) is 3.26. The number of hydrogen-bond donors (Lipinski definition) is 2. The van der Waals surface area contributed by atoms with Crippen molar-refractivity contribution in [1.29, 1.82) is 0 Å². The highest BCUT2D eigenvalue weighted by Crippen LogP contribution is 2.25. The first-order valence-electron chi connectivity index (χ1n) is 5.74. The van der Waals surface area contributed by atoms with Crippen molar-refractivity contribution in [2.24, 2.45) is 5.84 Å². The molecule has 6 heteroatoms. The van der Waals surface area contributed by atoms with E-state index in [1.165, 1.54) is 11.3 Å². The molecule has 0 saturated carbocycles. The zero-order valence-corrected chi connectivity index (χ0v) is 10.9. The molecule has 3 rings (SSSR count). The Morgan fingerprint density at radius 3 is 2.95 bits per heavy atom. The molecular weight excluding hydrogens is 260 g/mol. The molecule has 0 atom stereocenters. The maximum Gasteiger partial charge on any atom is 0.197 e. The number of nitrogens with two attached hydrogens (primary N) is 1. The molecule has 1 aromatic carbocycles. The largest absolute Gasteiger partial charge is 0.486 e. The molecule has 3 N–H and O–H groups in total. The smallest absolute Gasteiger partial charge is 0.197 e. The molecule has 5 nitrogen and oxygen atoms in total. The van der Waals surface area contributed by atoms with E-state index in [1.807, 2.05) is 30.3 Å². The number of benzene rings is 1. The Morgan fingerprint density at radius 1 is 1.21 bits per heavy atom. The van der Waals surface area contributed by atoms with Crippen LogP contribution in [0.15, 0.2) is 42.7 Å². The van der Waals surface area contributed by atoms with E-state index >= 15 is 0 Å². The van der Waals surface area contributed by atoms with Crippen molar-refractivity contribution in [2.45, 2.75) is 6.61 Å². The summed E-state index contributed by atoms with van der Waals surface area (Å²) in [5.41, 5.74) is 3.38. The minimum atomic E-state index is 0.453. The predicted molar refractivity (Wildman–Crippen MR) is 76.0 cm³/mol. The normalized spacial score (nSPS) is 10.6. The molecule has 0 unspecified atom stereocenters. The van der Waals surface area contributed by atoms with E-state index in [4.69, 9.17) is 10.6 Å². The van der Waals surface area contributed by atoms with E-state index in [2.05, 4.69) is 15.4 Å². The molecule has 2 heterocycles. The first-order chi connectivity index (χ1) is 9.36. The second-order valence-electron chi connectivity index (χ2n) is 3.90. The number of nitrogens with one attached hydrogen (secondary N) is 1. The van der Waals surface area contributed by atoms with Crippen LogP contribution >= 0.6 is 11.3 Å². The molecule has 0 amide bonds. The highest BCUT2D eigenvalue weighted by molar-refractivity contribution is 7.15. The minimum Gasteiger partial charge on any atom is -0.486 e.